The van der Waals surface area contributed by atoms with Gasteiger partial charge >= 0.3 is 0 Å². The average molecular weight is 510 g/mol. The van der Waals surface area contributed by atoms with Crippen LogP contribution in [0.25, 0.3) is 0 Å². The van der Waals surface area contributed by atoms with Gasteiger partial charge in [-0.1, -0.05) is 41.4 Å². The number of phenols is 1. The molecule has 5 nitrogen and oxygen atoms in total. The van der Waals surface area contributed by atoms with Crippen LogP contribution in [0.2, 0.25) is 10.0 Å². The number of halogens is 3. The second-order valence-electron chi connectivity index (χ2n) is 5.25. The highest BCUT2D eigenvalue weighted by atomic mass is 127. The Balaban J connectivity index is 0.00000338. The van der Waals surface area contributed by atoms with E-state index in [4.69, 9.17) is 27.9 Å². The molecule has 3 N–H and O–H groups in total. The first-order valence-electron chi connectivity index (χ1n) is 7.86. The lowest BCUT2D eigenvalue weighted by Crippen LogP contribution is -2.36. The second kappa shape index (κ2) is 11.4. The summed E-state index contributed by atoms with van der Waals surface area (Å²) in [6.45, 7) is 3.51. The van der Waals surface area contributed by atoms with Crippen molar-refractivity contribution in [3.63, 3.8) is 0 Å². The standard InChI is InChI=1S/C18H21Cl2N3O2.HI/c1-3-21-18(22-10-12-7-8-14(19)9-15(12)20)23-11-13-5-4-6-16(25-2)17(13)24;/h4-9,24H,3,10-11H2,1-2H3,(H2,21,22,23);1H. The van der Waals surface area contributed by atoms with E-state index in [1.54, 1.807) is 24.3 Å². The summed E-state index contributed by atoms with van der Waals surface area (Å²) in [5, 5.41) is 17.7. The van der Waals surface area contributed by atoms with Gasteiger partial charge in [-0.2, -0.15) is 0 Å². The predicted octanol–water partition coefficient (Wildman–Crippen LogP) is 4.58. The zero-order chi connectivity index (χ0) is 18.2. The molecule has 0 amide bonds. The van der Waals surface area contributed by atoms with Crippen molar-refractivity contribution in [1.29, 1.82) is 0 Å². The van der Waals surface area contributed by atoms with Crippen molar-refractivity contribution in [3.05, 3.63) is 57.6 Å². The smallest absolute Gasteiger partial charge is 0.191 e. The molecule has 142 valence electrons. The summed E-state index contributed by atoms with van der Waals surface area (Å²) in [5.41, 5.74) is 1.60. The first kappa shape index (κ1) is 22.7. The number of benzene rings is 2. The summed E-state index contributed by atoms with van der Waals surface area (Å²) >= 11 is 12.1. The Bertz CT molecular complexity index is 757. The largest absolute Gasteiger partial charge is 0.504 e. The molecule has 2 aromatic rings. The van der Waals surface area contributed by atoms with E-state index in [1.807, 2.05) is 19.1 Å². The summed E-state index contributed by atoms with van der Waals surface area (Å²) in [6.07, 6.45) is 0. The van der Waals surface area contributed by atoms with Crippen LogP contribution in [0.5, 0.6) is 11.5 Å². The molecule has 0 aromatic heterocycles. The zero-order valence-electron chi connectivity index (χ0n) is 14.6. The molecule has 8 heteroatoms. The molecule has 0 bridgehead atoms. The minimum absolute atomic E-state index is 0. The van der Waals surface area contributed by atoms with Crippen LogP contribution in [0.15, 0.2) is 41.4 Å². The number of rotatable bonds is 6. The molecule has 0 atom stereocenters. The minimum Gasteiger partial charge on any atom is -0.504 e. The van der Waals surface area contributed by atoms with Gasteiger partial charge in [0, 0.05) is 28.7 Å². The van der Waals surface area contributed by atoms with Gasteiger partial charge in [0.15, 0.2) is 17.5 Å². The summed E-state index contributed by atoms with van der Waals surface area (Å²) in [6, 6.07) is 10.7. The number of hydrogen-bond acceptors (Lipinski definition) is 3. The fraction of sp³-hybridized carbons (Fsp3) is 0.278. The molecule has 0 fully saturated rings. The van der Waals surface area contributed by atoms with Crippen LogP contribution in [-0.2, 0) is 13.1 Å². The normalized spacial score (nSPS) is 10.8. The van der Waals surface area contributed by atoms with Crippen molar-refractivity contribution in [2.45, 2.75) is 20.0 Å². The molecule has 0 radical (unpaired) electrons. The number of nitrogens with one attached hydrogen (secondary N) is 2. The molecule has 0 saturated heterocycles. The monoisotopic (exact) mass is 509 g/mol. The van der Waals surface area contributed by atoms with Gasteiger partial charge in [0.1, 0.15) is 0 Å². The highest BCUT2D eigenvalue weighted by Crippen LogP contribution is 2.29. The number of aromatic hydroxyl groups is 1. The molecule has 0 aliphatic heterocycles. The predicted molar refractivity (Wildman–Crippen MR) is 118 cm³/mol. The van der Waals surface area contributed by atoms with E-state index < -0.39 is 0 Å². The third-order valence-corrected chi connectivity index (χ3v) is 4.10. The van der Waals surface area contributed by atoms with Crippen LogP contribution < -0.4 is 15.4 Å². The van der Waals surface area contributed by atoms with Gasteiger partial charge in [-0.05, 0) is 30.7 Å². The molecule has 0 spiro atoms. The van der Waals surface area contributed by atoms with Gasteiger partial charge in [-0.3, -0.25) is 0 Å². The van der Waals surface area contributed by atoms with Crippen molar-refractivity contribution in [1.82, 2.24) is 10.6 Å². The maximum Gasteiger partial charge on any atom is 0.191 e. The van der Waals surface area contributed by atoms with Crippen molar-refractivity contribution in [2.75, 3.05) is 13.7 Å². The Morgan fingerprint density at radius 1 is 1.15 bits per heavy atom. The molecule has 0 heterocycles. The zero-order valence-corrected chi connectivity index (χ0v) is 18.4. The number of aliphatic imine (C=N–C) groups is 1. The van der Waals surface area contributed by atoms with Gasteiger partial charge in [0.05, 0.1) is 13.7 Å². The van der Waals surface area contributed by atoms with Gasteiger partial charge in [-0.25, -0.2) is 4.99 Å². The molecule has 2 aromatic carbocycles. The summed E-state index contributed by atoms with van der Waals surface area (Å²) in [4.78, 5) is 4.49. The van der Waals surface area contributed by atoms with Crippen LogP contribution in [0.3, 0.4) is 0 Å². The molecular weight excluding hydrogens is 488 g/mol. The topological polar surface area (TPSA) is 65.9 Å². The van der Waals surface area contributed by atoms with Gasteiger partial charge in [-0.15, -0.1) is 24.0 Å². The molecule has 0 aliphatic carbocycles. The molecule has 0 saturated carbocycles. The lowest BCUT2D eigenvalue weighted by atomic mass is 10.2. The fourth-order valence-electron chi connectivity index (χ4n) is 2.21. The van der Waals surface area contributed by atoms with Gasteiger partial charge in [0.2, 0.25) is 0 Å². The Morgan fingerprint density at radius 3 is 2.58 bits per heavy atom. The number of ether oxygens (including phenoxy) is 1. The third kappa shape index (κ3) is 6.41. The van der Waals surface area contributed by atoms with E-state index in [2.05, 4.69) is 15.6 Å². The third-order valence-electron chi connectivity index (χ3n) is 3.52. The average Bonchev–Trinajstić information content (AvgIpc) is 2.59. The van der Waals surface area contributed by atoms with Crippen LogP contribution in [0.4, 0.5) is 0 Å². The number of nitrogens with zero attached hydrogens (tertiary/aromatic N) is 1. The molecule has 0 aliphatic rings. The maximum atomic E-state index is 10.1. The number of guanidine groups is 1. The van der Waals surface area contributed by atoms with Crippen LogP contribution >= 0.6 is 47.2 Å². The molecular formula is C18H22Cl2IN3O2. The highest BCUT2D eigenvalue weighted by molar-refractivity contribution is 14.0. The van der Waals surface area contributed by atoms with E-state index in [0.29, 0.717) is 47.0 Å². The van der Waals surface area contributed by atoms with Gasteiger partial charge < -0.3 is 20.5 Å². The number of hydrogen-bond donors (Lipinski definition) is 3. The summed E-state index contributed by atoms with van der Waals surface area (Å²) in [5.74, 6) is 1.15. The highest BCUT2D eigenvalue weighted by Gasteiger charge is 2.08. The Morgan fingerprint density at radius 2 is 1.92 bits per heavy atom. The van der Waals surface area contributed by atoms with E-state index in [0.717, 1.165) is 5.56 Å². The lowest BCUT2D eigenvalue weighted by Gasteiger charge is -2.13. The number of para-hydroxylation sites is 1. The van der Waals surface area contributed by atoms with Crippen molar-refractivity contribution in [2.24, 2.45) is 4.99 Å². The minimum atomic E-state index is 0. The Labute approximate surface area is 180 Å². The number of methoxy groups -OCH3 is 1. The van der Waals surface area contributed by atoms with Crippen LogP contribution in [-0.4, -0.2) is 24.7 Å². The van der Waals surface area contributed by atoms with Crippen molar-refractivity contribution >= 4 is 53.1 Å². The summed E-state index contributed by atoms with van der Waals surface area (Å²) in [7, 11) is 1.52. The van der Waals surface area contributed by atoms with E-state index in [9.17, 15) is 5.11 Å². The fourth-order valence-corrected chi connectivity index (χ4v) is 2.69. The molecule has 26 heavy (non-hydrogen) atoms. The van der Waals surface area contributed by atoms with E-state index in [1.165, 1.54) is 7.11 Å². The molecule has 2 rings (SSSR count). The van der Waals surface area contributed by atoms with Crippen LogP contribution in [0.1, 0.15) is 18.1 Å². The van der Waals surface area contributed by atoms with Crippen molar-refractivity contribution < 1.29 is 9.84 Å². The lowest BCUT2D eigenvalue weighted by molar-refractivity contribution is 0.370. The van der Waals surface area contributed by atoms with Gasteiger partial charge in [0.25, 0.3) is 0 Å². The maximum absolute atomic E-state index is 10.1. The molecule has 0 unspecified atom stereocenters. The Hall–Kier alpha value is -1.38. The first-order valence-corrected chi connectivity index (χ1v) is 8.61. The van der Waals surface area contributed by atoms with E-state index in [-0.39, 0.29) is 29.7 Å². The van der Waals surface area contributed by atoms with Crippen LogP contribution in [0, 0.1) is 0 Å². The first-order chi connectivity index (χ1) is 12.0. The van der Waals surface area contributed by atoms with Crippen molar-refractivity contribution in [3.8, 4) is 11.5 Å². The Kier molecular flexibility index (Phi) is 9.90. The number of phenolic OH excluding ortho intramolecular Hbond substituents is 1. The second-order valence-corrected chi connectivity index (χ2v) is 6.10. The summed E-state index contributed by atoms with van der Waals surface area (Å²) < 4.78 is 5.11. The SMILES string of the molecule is CCNC(=NCc1cccc(OC)c1O)NCc1ccc(Cl)cc1Cl.I. The quantitative estimate of drug-likeness (QED) is 0.303. The van der Waals surface area contributed by atoms with E-state index >= 15 is 0 Å².